The molecule has 11 heavy (non-hydrogen) atoms. The Labute approximate surface area is 106 Å². The monoisotopic (exact) mass is 210 g/mol. The Kier molecular flexibility index (Phi) is 24.1. The van der Waals surface area contributed by atoms with E-state index in [2.05, 4.69) is 0 Å². The molecule has 5 N–H and O–H groups in total. The second-order valence-electron chi connectivity index (χ2n) is 0.794. The SMILES string of the molecule is O=S(=O)(O)O.OB(O)O.[H-].[H-].[H-].[Mg+2].[Na+]. The molecule has 0 rings (SSSR count). The maximum atomic E-state index is 8.74. The summed E-state index contributed by atoms with van der Waals surface area (Å²) in [6.45, 7) is 0. The van der Waals surface area contributed by atoms with Crippen molar-refractivity contribution in [3.05, 3.63) is 0 Å². The average Bonchev–Trinajstić information content (AvgIpc) is 1.19. The largest absolute Gasteiger partial charge is 2.00 e. The van der Waals surface area contributed by atoms with Gasteiger partial charge in [-0.05, 0) is 0 Å². The summed E-state index contributed by atoms with van der Waals surface area (Å²) in [4.78, 5) is 0. The first-order valence-corrected chi connectivity index (χ1v) is 2.87. The van der Waals surface area contributed by atoms with Gasteiger partial charge in [-0.15, -0.1) is 0 Å². The van der Waals surface area contributed by atoms with Gasteiger partial charge in [-0.25, -0.2) is 0 Å². The Balaban J connectivity index is -0.0000000104. The third-order valence-corrected chi connectivity index (χ3v) is 0. The summed E-state index contributed by atoms with van der Waals surface area (Å²) in [5, 5.41) is 21.5. The molecule has 0 spiro atoms. The molecule has 0 atom stereocenters. The van der Waals surface area contributed by atoms with Gasteiger partial charge in [-0.3, -0.25) is 9.11 Å². The molecule has 0 aliphatic heterocycles. The second-order valence-corrected chi connectivity index (χ2v) is 1.69. The minimum absolute atomic E-state index is 0. The molecule has 0 aliphatic rings. The van der Waals surface area contributed by atoms with Crippen molar-refractivity contribution < 1.29 is 66.4 Å². The van der Waals surface area contributed by atoms with Crippen molar-refractivity contribution in [2.45, 2.75) is 0 Å². The van der Waals surface area contributed by atoms with E-state index in [0.29, 0.717) is 0 Å². The Hall–Kier alpha value is 1.58. The van der Waals surface area contributed by atoms with Gasteiger partial charge in [0, 0.05) is 0 Å². The third-order valence-electron chi connectivity index (χ3n) is 0. The van der Waals surface area contributed by atoms with Gasteiger partial charge >= 0.3 is 70.3 Å². The Bertz CT molecular complexity index is 140. The molecule has 0 aliphatic carbocycles. The normalized spacial score (nSPS) is 7.73. The molecule has 0 saturated carbocycles. The van der Waals surface area contributed by atoms with Crippen molar-refractivity contribution in [2.75, 3.05) is 0 Å². The number of hydrogen-bond acceptors (Lipinski definition) is 5. The number of rotatable bonds is 0. The van der Waals surface area contributed by atoms with Crippen molar-refractivity contribution in [3.63, 3.8) is 0 Å². The summed E-state index contributed by atoms with van der Waals surface area (Å²) in [5.41, 5.74) is 0. The maximum Gasteiger partial charge on any atom is 2.00 e. The average molecular weight is 210 g/mol. The van der Waals surface area contributed by atoms with Gasteiger partial charge in [0.05, 0.1) is 0 Å². The van der Waals surface area contributed by atoms with Crippen LogP contribution in [0.3, 0.4) is 0 Å². The fourth-order valence-electron chi connectivity index (χ4n) is 0. The van der Waals surface area contributed by atoms with Crippen LogP contribution in [-0.2, 0) is 10.4 Å². The quantitative estimate of drug-likeness (QED) is 0.198. The van der Waals surface area contributed by atoms with Crippen molar-refractivity contribution >= 4 is 40.8 Å². The Morgan fingerprint density at radius 3 is 1.09 bits per heavy atom. The zero-order valence-electron chi connectivity index (χ0n) is 8.75. The van der Waals surface area contributed by atoms with Crippen LogP contribution in [0.2, 0.25) is 0 Å². The van der Waals surface area contributed by atoms with E-state index >= 15 is 0 Å². The molecule has 0 saturated heterocycles. The molecule has 0 bridgehead atoms. The van der Waals surface area contributed by atoms with E-state index in [0.717, 1.165) is 0 Å². The molecule has 11 heteroatoms. The summed E-state index contributed by atoms with van der Waals surface area (Å²) >= 11 is 0. The van der Waals surface area contributed by atoms with E-state index in [1.54, 1.807) is 0 Å². The molecular weight excluding hydrogens is 202 g/mol. The minimum atomic E-state index is -4.67. The van der Waals surface area contributed by atoms with Gasteiger partial charge in [-0.1, -0.05) is 0 Å². The molecule has 0 heterocycles. The molecule has 7 nitrogen and oxygen atoms in total. The van der Waals surface area contributed by atoms with E-state index < -0.39 is 17.7 Å². The molecule has 0 amide bonds. The van der Waals surface area contributed by atoms with E-state index in [1.807, 2.05) is 0 Å². The summed E-state index contributed by atoms with van der Waals surface area (Å²) in [5.74, 6) is 0. The maximum absolute atomic E-state index is 8.74. The van der Waals surface area contributed by atoms with E-state index in [-0.39, 0.29) is 56.9 Å². The number of hydrogen-bond donors (Lipinski definition) is 5. The van der Waals surface area contributed by atoms with Crippen molar-refractivity contribution in [3.8, 4) is 0 Å². The third kappa shape index (κ3) is 425. The summed E-state index contributed by atoms with van der Waals surface area (Å²) in [7, 11) is -6.83. The summed E-state index contributed by atoms with van der Waals surface area (Å²) in [6.07, 6.45) is 0. The molecule has 0 fully saturated rings. The standard InChI is InChI=1S/BH3O3.Mg.Na.H2O4S.3H/c2-1(3)4;;;1-5(2,3)4;;;/h2-4H;;;(H2,1,2,3,4);;;/q;+2;+1;;3*-1. The van der Waals surface area contributed by atoms with E-state index in [1.165, 1.54) is 0 Å². The van der Waals surface area contributed by atoms with Gasteiger partial charge in [-0.2, -0.15) is 8.42 Å². The van der Waals surface area contributed by atoms with Gasteiger partial charge < -0.3 is 19.4 Å². The zero-order valence-corrected chi connectivity index (χ0v) is 9.98. The summed E-state index contributed by atoms with van der Waals surface area (Å²) < 4.78 is 31.6. The minimum Gasteiger partial charge on any atom is -1.00 e. The fourth-order valence-corrected chi connectivity index (χ4v) is 0. The zero-order chi connectivity index (χ0) is 8.08. The first kappa shape index (κ1) is 22.9. The van der Waals surface area contributed by atoms with Gasteiger partial charge in [0.1, 0.15) is 0 Å². The topological polar surface area (TPSA) is 135 Å². The molecular formula is H8BMgNaO7S. The molecule has 0 radical (unpaired) electrons. The van der Waals surface area contributed by atoms with Crippen molar-refractivity contribution in [1.82, 2.24) is 0 Å². The molecule has 0 aromatic carbocycles. The first-order valence-electron chi connectivity index (χ1n) is 1.47. The molecule has 0 unspecified atom stereocenters. The molecule has 62 valence electrons. The predicted molar refractivity (Wildman–Crippen MR) is 35.7 cm³/mol. The van der Waals surface area contributed by atoms with Crippen LogP contribution < -0.4 is 29.6 Å². The van der Waals surface area contributed by atoms with E-state index in [9.17, 15) is 0 Å². The van der Waals surface area contributed by atoms with Crippen molar-refractivity contribution in [2.24, 2.45) is 0 Å². The van der Waals surface area contributed by atoms with E-state index in [4.69, 9.17) is 32.6 Å². The van der Waals surface area contributed by atoms with Gasteiger partial charge in [0.15, 0.2) is 0 Å². The Morgan fingerprint density at radius 1 is 1.09 bits per heavy atom. The Morgan fingerprint density at radius 2 is 1.09 bits per heavy atom. The molecule has 0 aromatic heterocycles. The van der Waals surface area contributed by atoms with Crippen LogP contribution in [0.15, 0.2) is 0 Å². The van der Waals surface area contributed by atoms with Crippen LogP contribution in [0, 0.1) is 0 Å². The summed E-state index contributed by atoms with van der Waals surface area (Å²) in [6, 6.07) is 0. The second kappa shape index (κ2) is 11.6. The van der Waals surface area contributed by atoms with Crippen LogP contribution in [0.5, 0.6) is 0 Å². The van der Waals surface area contributed by atoms with Gasteiger partial charge in [0.2, 0.25) is 0 Å². The van der Waals surface area contributed by atoms with Crippen LogP contribution in [0.4, 0.5) is 0 Å². The first-order chi connectivity index (χ1) is 3.73. The fraction of sp³-hybridized carbons (Fsp3) is 0. The van der Waals surface area contributed by atoms with Crippen LogP contribution in [-0.4, -0.2) is 63.0 Å². The smallest absolute Gasteiger partial charge is 1.00 e. The van der Waals surface area contributed by atoms with Gasteiger partial charge in [0.25, 0.3) is 0 Å². The van der Waals surface area contributed by atoms with Crippen LogP contribution >= 0.6 is 0 Å². The van der Waals surface area contributed by atoms with Crippen LogP contribution in [0.1, 0.15) is 4.28 Å². The predicted octanol–water partition coefficient (Wildman–Crippen LogP) is -5.74. The molecule has 0 aromatic rings. The van der Waals surface area contributed by atoms with Crippen LogP contribution in [0.25, 0.3) is 0 Å². The van der Waals surface area contributed by atoms with Crippen molar-refractivity contribution in [1.29, 1.82) is 0 Å².